The predicted molar refractivity (Wildman–Crippen MR) is 189 cm³/mol. The Kier molecular flexibility index (Phi) is 8.50. The Morgan fingerprint density at radius 3 is 2.64 bits per heavy atom. The van der Waals surface area contributed by atoms with Gasteiger partial charge in [0, 0.05) is 74.2 Å². The number of halogens is 1. The number of rotatable bonds is 8. The van der Waals surface area contributed by atoms with Gasteiger partial charge in [0.2, 0.25) is 5.95 Å². The maximum Gasteiger partial charge on any atom is 0.229 e. The molecule has 244 valence electrons. The number of hydrogen-bond donors (Lipinski definition) is 2. The number of benzene rings is 2. The Morgan fingerprint density at radius 2 is 1.85 bits per heavy atom. The van der Waals surface area contributed by atoms with Crippen LogP contribution in [0.1, 0.15) is 19.3 Å². The molecule has 2 fully saturated rings. The number of fused-ring (bicyclic) bond motifs is 2. The van der Waals surface area contributed by atoms with E-state index in [4.69, 9.17) is 21.3 Å². The summed E-state index contributed by atoms with van der Waals surface area (Å²) in [4.78, 5) is 23.2. The summed E-state index contributed by atoms with van der Waals surface area (Å²) in [5.41, 5.74) is 5.70. The molecular formula is C33H38ClN10O2P. The lowest BCUT2D eigenvalue weighted by atomic mass is 9.97. The lowest BCUT2D eigenvalue weighted by molar-refractivity contribution is 0.133. The molecule has 2 saturated heterocycles. The number of ether oxygens (including phenoxy) is 1. The molecule has 2 aliphatic heterocycles. The first kappa shape index (κ1) is 31.4. The fraction of sp³-hybridized carbons (Fsp3) is 0.364. The molecule has 0 saturated carbocycles. The largest absolute Gasteiger partial charge is 0.494 e. The number of piperazine rings is 1. The van der Waals surface area contributed by atoms with Crippen LogP contribution in [0.2, 0.25) is 5.02 Å². The highest BCUT2D eigenvalue weighted by molar-refractivity contribution is 7.71. The van der Waals surface area contributed by atoms with Crippen molar-refractivity contribution in [1.82, 2.24) is 34.6 Å². The maximum absolute atomic E-state index is 13.5. The minimum Gasteiger partial charge on any atom is -0.494 e. The Labute approximate surface area is 278 Å². The molecule has 7 rings (SSSR count). The Balaban J connectivity index is 1.24. The lowest BCUT2D eigenvalue weighted by Crippen LogP contribution is -2.55. The van der Waals surface area contributed by atoms with Crippen molar-refractivity contribution in [2.24, 2.45) is 7.05 Å². The van der Waals surface area contributed by atoms with E-state index in [1.54, 1.807) is 32.8 Å². The molecule has 2 aliphatic rings. The van der Waals surface area contributed by atoms with Gasteiger partial charge in [-0.15, -0.1) is 0 Å². The van der Waals surface area contributed by atoms with Crippen LogP contribution in [0.3, 0.4) is 0 Å². The van der Waals surface area contributed by atoms with Gasteiger partial charge >= 0.3 is 0 Å². The van der Waals surface area contributed by atoms with Crippen molar-refractivity contribution in [1.29, 1.82) is 0 Å². The monoisotopic (exact) mass is 672 g/mol. The van der Waals surface area contributed by atoms with E-state index in [1.165, 1.54) is 32.0 Å². The highest BCUT2D eigenvalue weighted by atomic mass is 35.5. The first-order chi connectivity index (χ1) is 22.7. The Morgan fingerprint density at radius 1 is 1.00 bits per heavy atom. The highest BCUT2D eigenvalue weighted by Gasteiger charge is 2.31. The topological polar surface area (TPSA) is 126 Å². The van der Waals surface area contributed by atoms with E-state index in [-0.39, 0.29) is 0 Å². The van der Waals surface area contributed by atoms with Gasteiger partial charge in [-0.3, -0.25) is 19.5 Å². The van der Waals surface area contributed by atoms with E-state index in [0.717, 1.165) is 36.4 Å². The van der Waals surface area contributed by atoms with Gasteiger partial charge in [-0.25, -0.2) is 4.98 Å². The van der Waals surface area contributed by atoms with Crippen molar-refractivity contribution in [3.05, 3.63) is 60.3 Å². The van der Waals surface area contributed by atoms with Crippen LogP contribution in [0, 0.1) is 0 Å². The standard InChI is InChI=1S/C33H38ClN10O2P/c1-42-19-21(17-38-42)23-15-27(29(46-2)16-28(23)44-14-13-43-12-6-5-7-22(43)20-44)40-33-37-18-24(34)32(41-33)39-26-9-8-25-30(36-11-10-35-25)31(26)47(3,4)45/h8-11,15-19,22H,5-7,12-14,20H2,1-4H3,(H2,37,39,40,41)/t22-/m0/s1. The first-order valence-corrected chi connectivity index (χ1v) is 18.7. The SMILES string of the molecule is COc1cc(N2CCN3CCCC[C@H]3C2)c(-c2cnn(C)c2)cc1Nc1ncc(Cl)c(Nc2ccc3nccnc3c2P(C)(C)=O)n1. The number of nitrogens with one attached hydrogen (secondary N) is 2. The van der Waals surface area contributed by atoms with E-state index in [0.29, 0.717) is 56.3 Å². The number of piperidine rings is 1. The smallest absolute Gasteiger partial charge is 0.229 e. The second kappa shape index (κ2) is 12.7. The third-order valence-corrected chi connectivity index (χ3v) is 10.7. The number of anilines is 5. The van der Waals surface area contributed by atoms with Crippen molar-refractivity contribution < 1.29 is 9.30 Å². The Hall–Kier alpha value is -4.25. The molecule has 0 bridgehead atoms. The van der Waals surface area contributed by atoms with E-state index in [1.807, 2.05) is 36.3 Å². The van der Waals surface area contributed by atoms with Crippen molar-refractivity contribution >= 4 is 63.9 Å². The third-order valence-electron chi connectivity index (χ3n) is 8.91. The van der Waals surface area contributed by atoms with Gasteiger partial charge in [0.1, 0.15) is 23.4 Å². The van der Waals surface area contributed by atoms with Gasteiger partial charge in [0.15, 0.2) is 5.82 Å². The molecule has 0 spiro atoms. The van der Waals surface area contributed by atoms with Gasteiger partial charge in [-0.2, -0.15) is 10.1 Å². The average Bonchev–Trinajstić information content (AvgIpc) is 3.51. The minimum atomic E-state index is -2.79. The summed E-state index contributed by atoms with van der Waals surface area (Å²) >= 11 is 6.60. The van der Waals surface area contributed by atoms with E-state index in [2.05, 4.69) is 52.6 Å². The summed E-state index contributed by atoms with van der Waals surface area (Å²) in [6, 6.07) is 8.39. The van der Waals surface area contributed by atoms with Crippen molar-refractivity contribution in [2.75, 3.05) is 62.2 Å². The molecule has 0 amide bonds. The number of methoxy groups -OCH3 is 1. The summed E-state index contributed by atoms with van der Waals surface area (Å²) in [6.07, 6.45) is 12.4. The zero-order valence-electron chi connectivity index (χ0n) is 26.9. The molecular weight excluding hydrogens is 635 g/mol. The second-order valence-electron chi connectivity index (χ2n) is 12.5. The summed E-state index contributed by atoms with van der Waals surface area (Å²) < 4.78 is 21.2. The van der Waals surface area contributed by atoms with Crippen molar-refractivity contribution in [2.45, 2.75) is 25.3 Å². The van der Waals surface area contributed by atoms with E-state index < -0.39 is 7.14 Å². The van der Waals surface area contributed by atoms with Crippen molar-refractivity contribution in [3.63, 3.8) is 0 Å². The van der Waals surface area contributed by atoms with Gasteiger partial charge in [0.25, 0.3) is 0 Å². The van der Waals surface area contributed by atoms with E-state index in [9.17, 15) is 4.57 Å². The summed E-state index contributed by atoms with van der Waals surface area (Å²) in [5.74, 6) is 1.34. The number of hydrogen-bond acceptors (Lipinski definition) is 11. The molecule has 0 radical (unpaired) electrons. The number of aryl methyl sites for hydroxylation is 1. The minimum absolute atomic E-state index is 0.308. The summed E-state index contributed by atoms with van der Waals surface area (Å²) in [7, 11) is 0.804. The quantitative estimate of drug-likeness (QED) is 0.192. The van der Waals surface area contributed by atoms with Crippen LogP contribution >= 0.6 is 18.7 Å². The van der Waals surface area contributed by atoms with Gasteiger partial charge in [0.05, 0.1) is 41.7 Å². The predicted octanol–water partition coefficient (Wildman–Crippen LogP) is 5.89. The van der Waals surface area contributed by atoms with E-state index >= 15 is 0 Å². The molecule has 3 aromatic heterocycles. The first-order valence-electron chi connectivity index (χ1n) is 15.7. The van der Waals surface area contributed by atoms with Crippen molar-refractivity contribution in [3.8, 4) is 16.9 Å². The fourth-order valence-electron chi connectivity index (χ4n) is 6.69. The molecule has 47 heavy (non-hydrogen) atoms. The van der Waals surface area contributed by atoms with Crippen LogP contribution in [0.15, 0.2) is 55.2 Å². The van der Waals surface area contributed by atoms with Gasteiger partial charge in [-0.05, 0) is 50.9 Å². The second-order valence-corrected chi connectivity index (χ2v) is 16.0. The molecule has 14 heteroatoms. The summed E-state index contributed by atoms with van der Waals surface area (Å²) in [5, 5.41) is 12.0. The maximum atomic E-state index is 13.5. The average molecular weight is 673 g/mol. The zero-order chi connectivity index (χ0) is 32.7. The molecule has 1 atom stereocenters. The van der Waals surface area contributed by atoms with Crippen LogP contribution in [0.25, 0.3) is 22.2 Å². The van der Waals surface area contributed by atoms with Crippen LogP contribution < -0.4 is 25.6 Å². The molecule has 5 aromatic rings. The number of aromatic nitrogens is 6. The molecule has 12 nitrogen and oxygen atoms in total. The van der Waals surface area contributed by atoms with Crippen LogP contribution in [-0.4, -0.2) is 87.3 Å². The van der Waals surface area contributed by atoms with Gasteiger partial charge < -0.3 is 24.8 Å². The lowest BCUT2D eigenvalue weighted by Gasteiger charge is -2.45. The molecule has 0 unspecified atom stereocenters. The molecule has 2 aromatic carbocycles. The number of nitrogens with zero attached hydrogens (tertiary/aromatic N) is 8. The highest BCUT2D eigenvalue weighted by Crippen LogP contribution is 2.43. The van der Waals surface area contributed by atoms with Crippen LogP contribution in [0.4, 0.5) is 28.8 Å². The summed E-state index contributed by atoms with van der Waals surface area (Å²) in [6.45, 7) is 7.57. The molecule has 5 heterocycles. The normalized spacial score (nSPS) is 17.0. The molecule has 2 N–H and O–H groups in total. The zero-order valence-corrected chi connectivity index (χ0v) is 28.6. The van der Waals surface area contributed by atoms with Gasteiger partial charge in [-0.1, -0.05) is 18.0 Å². The fourth-order valence-corrected chi connectivity index (χ4v) is 8.23. The Bertz CT molecular complexity index is 2000. The van der Waals surface area contributed by atoms with Crippen LogP contribution in [-0.2, 0) is 11.6 Å². The third kappa shape index (κ3) is 6.37. The molecule has 0 aliphatic carbocycles. The van der Waals surface area contributed by atoms with Crippen LogP contribution in [0.5, 0.6) is 5.75 Å².